The summed E-state index contributed by atoms with van der Waals surface area (Å²) in [6.45, 7) is 3.62. The molecule has 4 aromatic rings. The van der Waals surface area contributed by atoms with Crippen molar-refractivity contribution in [2.75, 3.05) is 6.54 Å². The van der Waals surface area contributed by atoms with Gasteiger partial charge in [-0.25, -0.2) is 0 Å². The van der Waals surface area contributed by atoms with E-state index in [0.29, 0.717) is 13.0 Å². The number of hydrogen-bond acceptors (Lipinski definition) is 1. The summed E-state index contributed by atoms with van der Waals surface area (Å²) in [5, 5.41) is 1.23. The maximum Gasteiger partial charge on any atom is 0.223 e. The number of amides is 1. The molecule has 0 fully saturated rings. The second-order valence-corrected chi connectivity index (χ2v) is 8.71. The molecule has 0 spiro atoms. The molecule has 0 radical (unpaired) electrons. The minimum absolute atomic E-state index is 0.0383. The molecule has 1 aliphatic rings. The molecule has 3 aromatic carbocycles. The van der Waals surface area contributed by atoms with Gasteiger partial charge in [0.05, 0.1) is 0 Å². The molecule has 1 atom stereocenters. The van der Waals surface area contributed by atoms with Gasteiger partial charge in [-0.05, 0) is 41.7 Å². The predicted octanol–water partition coefficient (Wildman–Crippen LogP) is 5.59. The number of para-hydroxylation sites is 1. The number of carbonyl (C=O) groups excluding carboxylic acids is 1. The zero-order valence-corrected chi connectivity index (χ0v) is 18.2. The van der Waals surface area contributed by atoms with E-state index < -0.39 is 0 Å². The van der Waals surface area contributed by atoms with Crippen molar-refractivity contribution < 1.29 is 4.79 Å². The molecule has 0 N–H and O–H groups in total. The van der Waals surface area contributed by atoms with Crippen molar-refractivity contribution >= 4 is 16.8 Å². The second kappa shape index (κ2) is 8.07. The third-order valence-corrected chi connectivity index (χ3v) is 6.65. The minimum atomic E-state index is 0.0383. The zero-order chi connectivity index (χ0) is 21.4. The summed E-state index contributed by atoms with van der Waals surface area (Å²) in [7, 11) is 2.08. The van der Waals surface area contributed by atoms with Gasteiger partial charge in [-0.3, -0.25) is 4.79 Å². The SMILES string of the molecule is Cc1ccc([C@H](CC(=O)N2CCc3ccccc3C2)c2cn(C)c3ccccc23)cc1. The standard InChI is InChI=1S/C28H28N2O/c1-20-11-13-22(14-12-20)25(26-19-29(2)27-10-6-5-9-24(26)27)17-28(31)30-16-15-21-7-3-4-8-23(21)18-30/h3-14,19,25H,15-18H2,1-2H3/t25-/m0/s1. The van der Waals surface area contributed by atoms with Gasteiger partial charge in [-0.1, -0.05) is 72.3 Å². The topological polar surface area (TPSA) is 25.2 Å². The lowest BCUT2D eigenvalue weighted by molar-refractivity contribution is -0.132. The highest BCUT2D eigenvalue weighted by molar-refractivity contribution is 5.86. The maximum absolute atomic E-state index is 13.5. The fraction of sp³-hybridized carbons (Fsp3) is 0.250. The van der Waals surface area contributed by atoms with Crippen molar-refractivity contribution in [3.8, 4) is 0 Å². The Hall–Kier alpha value is -3.33. The van der Waals surface area contributed by atoms with Crippen molar-refractivity contribution in [2.45, 2.75) is 32.2 Å². The molecule has 1 amide bonds. The summed E-state index contributed by atoms with van der Waals surface area (Å²) < 4.78 is 2.17. The van der Waals surface area contributed by atoms with Crippen molar-refractivity contribution in [3.05, 3.63) is 107 Å². The van der Waals surface area contributed by atoms with Gasteiger partial charge in [0.15, 0.2) is 0 Å². The average molecular weight is 409 g/mol. The van der Waals surface area contributed by atoms with E-state index >= 15 is 0 Å². The van der Waals surface area contributed by atoms with Gasteiger partial charge >= 0.3 is 0 Å². The summed E-state index contributed by atoms with van der Waals surface area (Å²) in [5.74, 6) is 0.268. The number of carbonyl (C=O) groups is 1. The molecule has 3 nitrogen and oxygen atoms in total. The summed E-state index contributed by atoms with van der Waals surface area (Å²) >= 11 is 0. The molecular weight excluding hydrogens is 380 g/mol. The number of aromatic nitrogens is 1. The van der Waals surface area contributed by atoms with Gasteiger partial charge in [0.25, 0.3) is 0 Å². The van der Waals surface area contributed by atoms with Crippen molar-refractivity contribution in [1.29, 1.82) is 0 Å². The molecule has 0 aliphatic carbocycles. The highest BCUT2D eigenvalue weighted by Crippen LogP contribution is 2.35. The second-order valence-electron chi connectivity index (χ2n) is 8.71. The van der Waals surface area contributed by atoms with E-state index in [1.807, 2.05) is 4.90 Å². The predicted molar refractivity (Wildman–Crippen MR) is 126 cm³/mol. The highest BCUT2D eigenvalue weighted by atomic mass is 16.2. The summed E-state index contributed by atoms with van der Waals surface area (Å²) in [5.41, 5.74) is 7.52. The molecule has 156 valence electrons. The molecule has 0 saturated heterocycles. The lowest BCUT2D eigenvalue weighted by atomic mass is 9.87. The molecule has 3 heteroatoms. The largest absolute Gasteiger partial charge is 0.350 e. The Bertz CT molecular complexity index is 1240. The minimum Gasteiger partial charge on any atom is -0.350 e. The molecule has 0 bridgehead atoms. The maximum atomic E-state index is 13.5. The van der Waals surface area contributed by atoms with Gasteiger partial charge in [-0.15, -0.1) is 0 Å². The van der Waals surface area contributed by atoms with E-state index in [0.717, 1.165) is 13.0 Å². The molecule has 0 unspecified atom stereocenters. The van der Waals surface area contributed by atoms with Crippen LogP contribution in [0.2, 0.25) is 0 Å². The number of fused-ring (bicyclic) bond motifs is 2. The first-order valence-corrected chi connectivity index (χ1v) is 11.1. The molecule has 2 heterocycles. The van der Waals surface area contributed by atoms with E-state index in [-0.39, 0.29) is 11.8 Å². The van der Waals surface area contributed by atoms with Crippen LogP contribution < -0.4 is 0 Å². The van der Waals surface area contributed by atoms with Crippen molar-refractivity contribution in [1.82, 2.24) is 9.47 Å². The molecule has 1 aliphatic heterocycles. The highest BCUT2D eigenvalue weighted by Gasteiger charge is 2.26. The monoisotopic (exact) mass is 408 g/mol. The van der Waals surface area contributed by atoms with Crippen LogP contribution in [0.1, 0.15) is 40.2 Å². The van der Waals surface area contributed by atoms with E-state index in [1.165, 1.54) is 38.7 Å². The molecule has 5 rings (SSSR count). The Kier molecular flexibility index (Phi) is 5.11. The van der Waals surface area contributed by atoms with Crippen LogP contribution in [0.25, 0.3) is 10.9 Å². The van der Waals surface area contributed by atoms with E-state index in [4.69, 9.17) is 0 Å². The number of aryl methyl sites for hydroxylation is 2. The number of benzene rings is 3. The third-order valence-electron chi connectivity index (χ3n) is 6.65. The van der Waals surface area contributed by atoms with Gasteiger partial charge in [0.1, 0.15) is 0 Å². The lowest BCUT2D eigenvalue weighted by Crippen LogP contribution is -2.36. The van der Waals surface area contributed by atoms with Crippen LogP contribution in [0.3, 0.4) is 0 Å². The number of rotatable bonds is 4. The Labute approximate surface area is 183 Å². The molecule has 1 aromatic heterocycles. The van der Waals surface area contributed by atoms with Gasteiger partial charge in [0.2, 0.25) is 5.91 Å². The number of hydrogen-bond donors (Lipinski definition) is 0. The van der Waals surface area contributed by atoms with Gasteiger partial charge < -0.3 is 9.47 Å². The zero-order valence-electron chi connectivity index (χ0n) is 18.2. The van der Waals surface area contributed by atoms with Crippen molar-refractivity contribution in [3.63, 3.8) is 0 Å². The van der Waals surface area contributed by atoms with Gasteiger partial charge in [0, 0.05) is 49.6 Å². The Morgan fingerprint density at radius 1 is 0.935 bits per heavy atom. The van der Waals surface area contributed by atoms with Gasteiger partial charge in [-0.2, -0.15) is 0 Å². The van der Waals surface area contributed by atoms with Crippen LogP contribution in [0.4, 0.5) is 0 Å². The Morgan fingerprint density at radius 3 is 2.45 bits per heavy atom. The lowest BCUT2D eigenvalue weighted by Gasteiger charge is -2.30. The first-order chi connectivity index (χ1) is 15.1. The van der Waals surface area contributed by atoms with E-state index in [2.05, 4.69) is 97.5 Å². The molecule has 0 saturated carbocycles. The summed E-state index contributed by atoms with van der Waals surface area (Å²) in [6.07, 6.45) is 3.62. The molecular formula is C28H28N2O. The van der Waals surface area contributed by atoms with E-state index in [9.17, 15) is 4.79 Å². The first-order valence-electron chi connectivity index (χ1n) is 11.1. The van der Waals surface area contributed by atoms with Crippen LogP contribution >= 0.6 is 0 Å². The fourth-order valence-electron chi connectivity index (χ4n) is 4.87. The van der Waals surface area contributed by atoms with Crippen LogP contribution in [-0.2, 0) is 24.8 Å². The van der Waals surface area contributed by atoms with E-state index in [1.54, 1.807) is 0 Å². The summed E-state index contributed by atoms with van der Waals surface area (Å²) in [6, 6.07) is 25.6. The van der Waals surface area contributed by atoms with Crippen LogP contribution in [-0.4, -0.2) is 21.9 Å². The number of nitrogens with zero attached hydrogens (tertiary/aromatic N) is 2. The Morgan fingerprint density at radius 2 is 1.65 bits per heavy atom. The molecule has 31 heavy (non-hydrogen) atoms. The van der Waals surface area contributed by atoms with Crippen LogP contribution in [0.15, 0.2) is 79.0 Å². The smallest absolute Gasteiger partial charge is 0.223 e. The normalized spacial score (nSPS) is 14.5. The quantitative estimate of drug-likeness (QED) is 0.432. The fourth-order valence-corrected chi connectivity index (χ4v) is 4.87. The first kappa shape index (κ1) is 19.6. The summed E-state index contributed by atoms with van der Waals surface area (Å²) in [4.78, 5) is 15.5. The average Bonchev–Trinajstić information content (AvgIpc) is 3.14. The van der Waals surface area contributed by atoms with Crippen LogP contribution in [0.5, 0.6) is 0 Å². The Balaban J connectivity index is 1.49. The third kappa shape index (κ3) is 3.76. The van der Waals surface area contributed by atoms with Crippen molar-refractivity contribution in [2.24, 2.45) is 7.05 Å². The van der Waals surface area contributed by atoms with Crippen LogP contribution in [0, 0.1) is 6.92 Å².